The van der Waals surface area contributed by atoms with Gasteiger partial charge in [0.05, 0.1) is 22.5 Å². The molecule has 1 amide bonds. The van der Waals surface area contributed by atoms with Crippen LogP contribution < -0.4 is 5.32 Å². The maximum atomic E-state index is 12.2. The fraction of sp³-hybridized carbons (Fsp3) is 0.385. The van der Waals surface area contributed by atoms with Crippen LogP contribution in [0.2, 0.25) is 10.0 Å². The van der Waals surface area contributed by atoms with E-state index in [0.29, 0.717) is 29.7 Å². The molecule has 2 rings (SSSR count). The molecule has 1 aliphatic heterocycles. The van der Waals surface area contributed by atoms with Gasteiger partial charge in [-0.15, -0.1) is 0 Å². The number of hydrogen-bond acceptors (Lipinski definition) is 3. The van der Waals surface area contributed by atoms with Crippen LogP contribution in [-0.4, -0.2) is 36.5 Å². The van der Waals surface area contributed by atoms with Crippen LogP contribution in [0.5, 0.6) is 0 Å². The van der Waals surface area contributed by atoms with Crippen LogP contribution in [0.3, 0.4) is 0 Å². The van der Waals surface area contributed by atoms with Crippen LogP contribution in [0.4, 0.5) is 0 Å². The number of rotatable bonds is 2. The summed E-state index contributed by atoms with van der Waals surface area (Å²) in [6, 6.07) is 6.87. The summed E-state index contributed by atoms with van der Waals surface area (Å²) in [7, 11) is 0. The van der Waals surface area contributed by atoms with Crippen LogP contribution in [0, 0.1) is 11.3 Å². The largest absolute Gasteiger partial charge is 0.324 e. The van der Waals surface area contributed by atoms with Gasteiger partial charge in [0.15, 0.2) is 0 Å². The first-order valence-corrected chi connectivity index (χ1v) is 6.71. The van der Waals surface area contributed by atoms with Gasteiger partial charge in [-0.05, 0) is 17.7 Å². The summed E-state index contributed by atoms with van der Waals surface area (Å²) in [6.07, 6.45) is 0.231. The SMILES string of the molecule is N#CC1CNCCN1C(=O)Cc1ccc(Cl)c(Cl)c1. The normalized spacial score (nSPS) is 19.0. The molecular formula is C13H13Cl2N3O. The number of carbonyl (C=O) groups is 1. The molecule has 0 aromatic heterocycles. The summed E-state index contributed by atoms with van der Waals surface area (Å²) in [5.41, 5.74) is 0.801. The highest BCUT2D eigenvalue weighted by molar-refractivity contribution is 6.42. The van der Waals surface area contributed by atoms with Crippen molar-refractivity contribution in [3.8, 4) is 6.07 Å². The Hall–Kier alpha value is -1.28. The van der Waals surface area contributed by atoms with E-state index in [2.05, 4.69) is 11.4 Å². The number of nitriles is 1. The first-order valence-electron chi connectivity index (χ1n) is 5.95. The Labute approximate surface area is 121 Å². The Morgan fingerprint density at radius 2 is 2.26 bits per heavy atom. The zero-order valence-corrected chi connectivity index (χ0v) is 11.7. The van der Waals surface area contributed by atoms with Gasteiger partial charge in [-0.1, -0.05) is 29.3 Å². The molecule has 0 radical (unpaired) electrons. The fourth-order valence-corrected chi connectivity index (χ4v) is 2.36. The average molecular weight is 298 g/mol. The number of piperazine rings is 1. The third-order valence-electron chi connectivity index (χ3n) is 3.05. The Kier molecular flexibility index (Phi) is 4.65. The van der Waals surface area contributed by atoms with Gasteiger partial charge in [0, 0.05) is 19.6 Å². The van der Waals surface area contributed by atoms with Crippen LogP contribution in [0.1, 0.15) is 5.56 Å². The minimum Gasteiger partial charge on any atom is -0.324 e. The summed E-state index contributed by atoms with van der Waals surface area (Å²) in [5.74, 6) is -0.0635. The molecule has 1 atom stereocenters. The van der Waals surface area contributed by atoms with Crippen molar-refractivity contribution in [2.75, 3.05) is 19.6 Å². The number of carbonyl (C=O) groups excluding carboxylic acids is 1. The zero-order chi connectivity index (χ0) is 13.8. The number of amides is 1. The Morgan fingerprint density at radius 3 is 2.95 bits per heavy atom. The second kappa shape index (κ2) is 6.25. The van der Waals surface area contributed by atoms with Crippen molar-refractivity contribution < 1.29 is 4.79 Å². The van der Waals surface area contributed by atoms with Crippen LogP contribution in [-0.2, 0) is 11.2 Å². The smallest absolute Gasteiger partial charge is 0.228 e. The maximum Gasteiger partial charge on any atom is 0.228 e. The van der Waals surface area contributed by atoms with Crippen molar-refractivity contribution >= 4 is 29.1 Å². The highest BCUT2D eigenvalue weighted by Crippen LogP contribution is 2.23. The van der Waals surface area contributed by atoms with E-state index in [1.54, 1.807) is 23.1 Å². The second-order valence-corrected chi connectivity index (χ2v) is 5.18. The van der Waals surface area contributed by atoms with E-state index in [1.807, 2.05) is 0 Å². The first-order chi connectivity index (χ1) is 9.11. The first kappa shape index (κ1) is 14.1. The van der Waals surface area contributed by atoms with Gasteiger partial charge < -0.3 is 10.2 Å². The van der Waals surface area contributed by atoms with Gasteiger partial charge in [-0.2, -0.15) is 5.26 Å². The topological polar surface area (TPSA) is 56.1 Å². The van der Waals surface area contributed by atoms with Crippen LogP contribution in [0.15, 0.2) is 18.2 Å². The summed E-state index contributed by atoms with van der Waals surface area (Å²) in [5, 5.41) is 13.0. The highest BCUT2D eigenvalue weighted by atomic mass is 35.5. The molecule has 1 saturated heterocycles. The monoisotopic (exact) mass is 297 g/mol. The molecule has 1 unspecified atom stereocenters. The molecule has 1 aromatic rings. The van der Waals surface area contributed by atoms with Gasteiger partial charge in [-0.25, -0.2) is 0 Å². The summed E-state index contributed by atoms with van der Waals surface area (Å²) < 4.78 is 0. The predicted molar refractivity (Wildman–Crippen MR) is 74.1 cm³/mol. The number of nitrogens with one attached hydrogen (secondary N) is 1. The van der Waals surface area contributed by atoms with Crippen molar-refractivity contribution in [2.24, 2.45) is 0 Å². The number of hydrogen-bond donors (Lipinski definition) is 1. The Balaban J connectivity index is 2.07. The Morgan fingerprint density at radius 1 is 1.47 bits per heavy atom. The zero-order valence-electron chi connectivity index (χ0n) is 10.2. The molecule has 100 valence electrons. The van der Waals surface area contributed by atoms with Crippen LogP contribution >= 0.6 is 23.2 Å². The molecule has 0 aliphatic carbocycles. The molecule has 0 saturated carbocycles. The molecule has 1 heterocycles. The minimum absolute atomic E-state index is 0.0635. The van der Waals surface area contributed by atoms with Crippen molar-refractivity contribution in [3.63, 3.8) is 0 Å². The molecule has 0 bridgehead atoms. The Bertz CT molecular complexity index is 527. The second-order valence-electron chi connectivity index (χ2n) is 4.36. The van der Waals surface area contributed by atoms with Crippen LogP contribution in [0.25, 0.3) is 0 Å². The van der Waals surface area contributed by atoms with Gasteiger partial charge in [0.2, 0.25) is 5.91 Å². The van der Waals surface area contributed by atoms with E-state index in [-0.39, 0.29) is 12.3 Å². The van der Waals surface area contributed by atoms with Crippen molar-refractivity contribution in [3.05, 3.63) is 33.8 Å². The summed E-state index contributed by atoms with van der Waals surface area (Å²) >= 11 is 11.8. The van der Waals surface area contributed by atoms with E-state index in [0.717, 1.165) is 5.56 Å². The summed E-state index contributed by atoms with van der Waals surface area (Å²) in [4.78, 5) is 13.8. The fourth-order valence-electron chi connectivity index (χ4n) is 2.04. The minimum atomic E-state index is -0.399. The predicted octanol–water partition coefficient (Wildman–Crippen LogP) is 1.86. The molecule has 6 heteroatoms. The van der Waals surface area contributed by atoms with E-state index >= 15 is 0 Å². The molecular weight excluding hydrogens is 285 g/mol. The molecule has 1 aliphatic rings. The van der Waals surface area contributed by atoms with E-state index in [4.69, 9.17) is 28.5 Å². The number of nitrogens with zero attached hydrogens (tertiary/aromatic N) is 2. The maximum absolute atomic E-state index is 12.2. The van der Waals surface area contributed by atoms with Crippen molar-refractivity contribution in [1.29, 1.82) is 5.26 Å². The number of halogens is 2. The van der Waals surface area contributed by atoms with Gasteiger partial charge in [0.1, 0.15) is 6.04 Å². The average Bonchev–Trinajstić information content (AvgIpc) is 2.43. The molecule has 1 aromatic carbocycles. The lowest BCUT2D eigenvalue weighted by molar-refractivity contribution is -0.132. The summed E-state index contributed by atoms with van der Waals surface area (Å²) in [6.45, 7) is 1.79. The quantitative estimate of drug-likeness (QED) is 0.906. The third kappa shape index (κ3) is 3.38. The van der Waals surface area contributed by atoms with E-state index < -0.39 is 6.04 Å². The highest BCUT2D eigenvalue weighted by Gasteiger charge is 2.26. The van der Waals surface area contributed by atoms with Gasteiger partial charge in [-0.3, -0.25) is 4.79 Å². The molecule has 4 nitrogen and oxygen atoms in total. The molecule has 1 fully saturated rings. The van der Waals surface area contributed by atoms with Gasteiger partial charge in [0.25, 0.3) is 0 Å². The lowest BCUT2D eigenvalue weighted by atomic mass is 10.1. The lowest BCUT2D eigenvalue weighted by Crippen LogP contribution is -2.53. The third-order valence-corrected chi connectivity index (χ3v) is 3.79. The standard InChI is InChI=1S/C13H13Cl2N3O/c14-11-2-1-9(5-12(11)15)6-13(19)18-4-3-17-8-10(18)7-16/h1-2,5,10,17H,3-4,6,8H2. The van der Waals surface area contributed by atoms with Gasteiger partial charge >= 0.3 is 0 Å². The molecule has 19 heavy (non-hydrogen) atoms. The van der Waals surface area contributed by atoms with Crippen molar-refractivity contribution in [2.45, 2.75) is 12.5 Å². The number of benzene rings is 1. The molecule has 0 spiro atoms. The van der Waals surface area contributed by atoms with E-state index in [1.165, 1.54) is 0 Å². The van der Waals surface area contributed by atoms with Crippen molar-refractivity contribution in [1.82, 2.24) is 10.2 Å². The van der Waals surface area contributed by atoms with E-state index in [9.17, 15) is 4.79 Å². The lowest BCUT2D eigenvalue weighted by Gasteiger charge is -2.32. The molecule has 1 N–H and O–H groups in total.